The van der Waals surface area contributed by atoms with E-state index in [1.54, 1.807) is 6.07 Å². The molecule has 2 aliphatic heterocycles. The number of carbonyl (C=O) groups is 2. The summed E-state index contributed by atoms with van der Waals surface area (Å²) in [5.74, 6) is 0.261. The lowest BCUT2D eigenvalue weighted by molar-refractivity contribution is -0.126. The van der Waals surface area contributed by atoms with Gasteiger partial charge in [-0.3, -0.25) is 9.69 Å². The van der Waals surface area contributed by atoms with Crippen LogP contribution >= 0.6 is 0 Å². The van der Waals surface area contributed by atoms with E-state index in [1.165, 1.54) is 30.7 Å². The van der Waals surface area contributed by atoms with E-state index in [4.69, 9.17) is 9.47 Å². The normalized spacial score (nSPS) is 21.5. The van der Waals surface area contributed by atoms with Crippen molar-refractivity contribution in [2.24, 2.45) is 0 Å². The number of amides is 3. The number of urea groups is 1. The predicted molar refractivity (Wildman–Crippen MR) is 87.0 cm³/mol. The van der Waals surface area contributed by atoms with Crippen LogP contribution in [0.2, 0.25) is 0 Å². The number of hydrogen-bond donors (Lipinski definition) is 1. The Morgan fingerprint density at radius 1 is 1.20 bits per heavy atom. The fraction of sp³-hybridized carbons (Fsp3) is 0.467. The highest BCUT2D eigenvalue weighted by Gasteiger charge is 2.42. The fourth-order valence-electron chi connectivity index (χ4n) is 3.07. The minimum Gasteiger partial charge on any atom is -0.497 e. The second-order valence-corrected chi connectivity index (χ2v) is 7.65. The molecular formula is C15H19N3O6S. The molecule has 1 aromatic carbocycles. The maximum absolute atomic E-state index is 13.0. The summed E-state index contributed by atoms with van der Waals surface area (Å²) in [6.07, 6.45) is 0.394. The number of benzene rings is 1. The van der Waals surface area contributed by atoms with Crippen LogP contribution < -0.4 is 14.8 Å². The Morgan fingerprint density at radius 2 is 1.96 bits per heavy atom. The van der Waals surface area contributed by atoms with Gasteiger partial charge in [0, 0.05) is 19.2 Å². The molecule has 1 atom stereocenters. The monoisotopic (exact) mass is 369 g/mol. The van der Waals surface area contributed by atoms with Crippen molar-refractivity contribution in [1.82, 2.24) is 14.5 Å². The minimum absolute atomic E-state index is 0.00722. The lowest BCUT2D eigenvalue weighted by Gasteiger charge is -2.22. The van der Waals surface area contributed by atoms with E-state index < -0.39 is 22.1 Å². The molecule has 3 amide bonds. The Morgan fingerprint density at radius 3 is 2.56 bits per heavy atom. The van der Waals surface area contributed by atoms with Crippen molar-refractivity contribution in [3.63, 3.8) is 0 Å². The van der Waals surface area contributed by atoms with Crippen molar-refractivity contribution >= 4 is 22.0 Å². The highest BCUT2D eigenvalue weighted by atomic mass is 32.2. The molecule has 3 rings (SSSR count). The minimum atomic E-state index is -3.85. The average molecular weight is 369 g/mol. The molecule has 25 heavy (non-hydrogen) atoms. The van der Waals surface area contributed by atoms with Gasteiger partial charge in [-0.25, -0.2) is 13.2 Å². The molecular weight excluding hydrogens is 350 g/mol. The third-order valence-corrected chi connectivity index (χ3v) is 6.24. The zero-order valence-corrected chi connectivity index (χ0v) is 14.7. The highest BCUT2D eigenvalue weighted by Crippen LogP contribution is 2.33. The third kappa shape index (κ3) is 3.02. The lowest BCUT2D eigenvalue weighted by Crippen LogP contribution is -2.42. The van der Waals surface area contributed by atoms with Crippen LogP contribution in [0.25, 0.3) is 0 Å². The molecule has 0 aliphatic carbocycles. The third-order valence-electron chi connectivity index (χ3n) is 4.36. The van der Waals surface area contributed by atoms with Gasteiger partial charge in [-0.05, 0) is 18.6 Å². The average Bonchev–Trinajstić information content (AvgIpc) is 3.21. The van der Waals surface area contributed by atoms with Gasteiger partial charge in [-0.2, -0.15) is 4.31 Å². The smallest absolute Gasteiger partial charge is 0.324 e. The van der Waals surface area contributed by atoms with Gasteiger partial charge in [-0.1, -0.05) is 0 Å². The number of ether oxygens (including phenoxy) is 2. The van der Waals surface area contributed by atoms with Crippen molar-refractivity contribution < 1.29 is 27.5 Å². The molecule has 2 heterocycles. The Hall–Kier alpha value is -2.33. The van der Waals surface area contributed by atoms with Crippen LogP contribution in [0.4, 0.5) is 4.79 Å². The van der Waals surface area contributed by atoms with Gasteiger partial charge in [0.05, 0.1) is 26.8 Å². The van der Waals surface area contributed by atoms with E-state index in [1.807, 2.05) is 0 Å². The van der Waals surface area contributed by atoms with Crippen LogP contribution in [0.5, 0.6) is 11.5 Å². The van der Waals surface area contributed by atoms with Crippen molar-refractivity contribution in [2.45, 2.75) is 17.4 Å². The summed E-state index contributed by atoms with van der Waals surface area (Å²) in [5.41, 5.74) is 0. The number of nitrogens with zero attached hydrogens (tertiary/aromatic N) is 2. The molecule has 0 radical (unpaired) electrons. The number of imide groups is 1. The van der Waals surface area contributed by atoms with Crippen LogP contribution in [0.3, 0.4) is 0 Å². The Balaban J connectivity index is 1.87. The van der Waals surface area contributed by atoms with Crippen molar-refractivity contribution in [2.75, 3.05) is 33.9 Å². The molecule has 2 saturated heterocycles. The standard InChI is InChI=1S/C15H19N3O6S/c1-23-11-3-4-12(24-2)13(7-11)25(21,22)17-6-5-10(9-17)18-14(19)8-16-15(18)20/h3-4,7,10H,5-6,8-9H2,1-2H3,(H,16,20). The van der Waals surface area contributed by atoms with Gasteiger partial charge < -0.3 is 14.8 Å². The van der Waals surface area contributed by atoms with Crippen molar-refractivity contribution in [1.29, 1.82) is 0 Å². The summed E-state index contributed by atoms with van der Waals surface area (Å²) in [6, 6.07) is 3.58. The van der Waals surface area contributed by atoms with Crippen LogP contribution in [0.15, 0.2) is 23.1 Å². The van der Waals surface area contributed by atoms with Crippen LogP contribution in [-0.4, -0.2) is 69.5 Å². The molecule has 1 unspecified atom stereocenters. The van der Waals surface area contributed by atoms with Crippen molar-refractivity contribution in [3.8, 4) is 11.5 Å². The van der Waals surface area contributed by atoms with E-state index in [9.17, 15) is 18.0 Å². The molecule has 0 spiro atoms. The number of carbonyl (C=O) groups excluding carboxylic acids is 2. The van der Waals surface area contributed by atoms with E-state index >= 15 is 0 Å². The van der Waals surface area contributed by atoms with Gasteiger partial charge in [0.2, 0.25) is 15.9 Å². The first-order chi connectivity index (χ1) is 11.9. The SMILES string of the molecule is COc1ccc(OC)c(S(=O)(=O)N2CCC(N3C(=O)CNC3=O)C2)c1. The summed E-state index contributed by atoms with van der Waals surface area (Å²) in [6.45, 7) is 0.220. The quantitative estimate of drug-likeness (QED) is 0.734. The highest BCUT2D eigenvalue weighted by molar-refractivity contribution is 7.89. The summed E-state index contributed by atoms with van der Waals surface area (Å²) in [5, 5.41) is 2.45. The fourth-order valence-corrected chi connectivity index (χ4v) is 4.73. The molecule has 0 bridgehead atoms. The second kappa shape index (κ2) is 6.52. The molecule has 9 nitrogen and oxygen atoms in total. The predicted octanol–water partition coefficient (Wildman–Crippen LogP) is 0.0186. The van der Waals surface area contributed by atoms with Crippen LogP contribution in [-0.2, 0) is 14.8 Å². The molecule has 10 heteroatoms. The molecule has 2 aliphatic rings. The molecule has 136 valence electrons. The molecule has 2 fully saturated rings. The number of hydrogen-bond acceptors (Lipinski definition) is 6. The summed E-state index contributed by atoms with van der Waals surface area (Å²) < 4.78 is 37.5. The van der Waals surface area contributed by atoms with E-state index in [-0.39, 0.29) is 36.2 Å². The van der Waals surface area contributed by atoms with Gasteiger partial charge in [0.15, 0.2) is 0 Å². The lowest BCUT2D eigenvalue weighted by atomic mass is 10.2. The molecule has 1 aromatic rings. The van der Waals surface area contributed by atoms with Crippen LogP contribution in [0.1, 0.15) is 6.42 Å². The summed E-state index contributed by atoms with van der Waals surface area (Å²) >= 11 is 0. The largest absolute Gasteiger partial charge is 0.497 e. The summed E-state index contributed by atoms with van der Waals surface area (Å²) in [7, 11) is -1.02. The molecule has 1 N–H and O–H groups in total. The molecule has 0 aromatic heterocycles. The van der Waals surface area contributed by atoms with Gasteiger partial charge in [0.25, 0.3) is 0 Å². The maximum Gasteiger partial charge on any atom is 0.324 e. The van der Waals surface area contributed by atoms with E-state index in [0.717, 1.165) is 4.90 Å². The number of methoxy groups -OCH3 is 2. The van der Waals surface area contributed by atoms with Gasteiger partial charge in [-0.15, -0.1) is 0 Å². The van der Waals surface area contributed by atoms with Crippen molar-refractivity contribution in [3.05, 3.63) is 18.2 Å². The Labute approximate surface area is 145 Å². The van der Waals surface area contributed by atoms with Gasteiger partial charge in [0.1, 0.15) is 16.4 Å². The second-order valence-electron chi connectivity index (χ2n) is 5.74. The zero-order valence-electron chi connectivity index (χ0n) is 13.9. The van der Waals surface area contributed by atoms with Crippen LogP contribution in [0, 0.1) is 0 Å². The van der Waals surface area contributed by atoms with E-state index in [0.29, 0.717) is 12.2 Å². The first-order valence-corrected chi connectivity index (χ1v) is 9.14. The van der Waals surface area contributed by atoms with E-state index in [2.05, 4.69) is 5.32 Å². The maximum atomic E-state index is 13.0. The first kappa shape index (κ1) is 17.5. The number of nitrogens with one attached hydrogen (secondary N) is 1. The number of rotatable bonds is 5. The summed E-state index contributed by atoms with van der Waals surface area (Å²) in [4.78, 5) is 24.7. The Bertz CT molecular complexity index is 793. The topological polar surface area (TPSA) is 105 Å². The zero-order chi connectivity index (χ0) is 18.2. The Kier molecular flexibility index (Phi) is 4.56. The first-order valence-electron chi connectivity index (χ1n) is 7.70. The van der Waals surface area contributed by atoms with Gasteiger partial charge >= 0.3 is 6.03 Å². The molecule has 0 saturated carbocycles. The number of sulfonamides is 1.